The molecule has 0 radical (unpaired) electrons. The molecule has 1 aliphatic heterocycles. The van der Waals surface area contributed by atoms with Gasteiger partial charge in [0.2, 0.25) is 0 Å². The van der Waals surface area contributed by atoms with Crippen LogP contribution in [0.1, 0.15) is 6.23 Å². The van der Waals surface area contributed by atoms with E-state index in [9.17, 15) is 29.0 Å². The van der Waals surface area contributed by atoms with Crippen LogP contribution >= 0.6 is 0 Å². The zero-order chi connectivity index (χ0) is 18.7. The smallest absolute Gasteiger partial charge is 0.413 e. The Morgan fingerprint density at radius 3 is 2.72 bits per heavy atom. The fourth-order valence-corrected chi connectivity index (χ4v) is 2.05. The molecule has 1 aliphatic rings. The van der Waals surface area contributed by atoms with Crippen molar-refractivity contribution in [3.05, 3.63) is 22.5 Å². The molecule has 4 atom stereocenters. The third-order valence-corrected chi connectivity index (χ3v) is 3.17. The number of aliphatic hydroxyl groups is 2. The van der Waals surface area contributed by atoms with Gasteiger partial charge in [-0.1, -0.05) is 5.92 Å². The average Bonchev–Trinajstić information content (AvgIpc) is 2.84. The monoisotopic (exact) mass is 357 g/mol. The number of terminal acetylenes is 1. The first-order valence-corrected chi connectivity index (χ1v) is 6.66. The summed E-state index contributed by atoms with van der Waals surface area (Å²) in [5, 5.41) is 30.1. The number of carboxylic acids is 1. The van der Waals surface area contributed by atoms with Gasteiger partial charge in [-0.25, -0.2) is 18.8 Å². The molecule has 1 saturated heterocycles. The van der Waals surface area contributed by atoms with Crippen LogP contribution in [0.15, 0.2) is 11.0 Å². The Morgan fingerprint density at radius 2 is 2.16 bits per heavy atom. The van der Waals surface area contributed by atoms with Gasteiger partial charge < -0.3 is 24.8 Å². The first-order valence-electron chi connectivity index (χ1n) is 6.66. The van der Waals surface area contributed by atoms with Crippen LogP contribution in [0.25, 0.3) is 0 Å². The van der Waals surface area contributed by atoms with Crippen molar-refractivity contribution in [3.8, 4) is 12.3 Å². The van der Waals surface area contributed by atoms with E-state index in [-0.39, 0.29) is 6.61 Å². The number of nitrogens with zero attached hydrogens (tertiary/aromatic N) is 2. The standard InChI is InChI=1S/C13H12FN3O8/c1-2-3-24-13(23)16-9-5(14)4-17(12(22)15-9)10-7(19)6(18)8(25-10)11(20)21/h1,4,6-8,10,18-19H,3H2,(H,20,21)(H,15,16,22,23)/t6-,7+,8-,10?/m0/s1. The maximum absolute atomic E-state index is 14.0. The number of rotatable bonds is 4. The summed E-state index contributed by atoms with van der Waals surface area (Å²) in [5.41, 5.74) is -1.18. The van der Waals surface area contributed by atoms with Crippen molar-refractivity contribution < 1.29 is 38.8 Å². The van der Waals surface area contributed by atoms with E-state index in [1.165, 1.54) is 0 Å². The Labute approximate surface area is 138 Å². The molecule has 0 saturated carbocycles. The molecule has 25 heavy (non-hydrogen) atoms. The molecular formula is C13H12FN3O8. The number of hydrogen-bond acceptors (Lipinski definition) is 8. The molecule has 1 amide bonds. The van der Waals surface area contributed by atoms with Crippen LogP contribution in [0.5, 0.6) is 0 Å². The van der Waals surface area contributed by atoms with Gasteiger partial charge in [0.05, 0.1) is 6.20 Å². The van der Waals surface area contributed by atoms with E-state index in [2.05, 4.69) is 9.72 Å². The summed E-state index contributed by atoms with van der Waals surface area (Å²) >= 11 is 0. The fourth-order valence-electron chi connectivity index (χ4n) is 2.05. The van der Waals surface area contributed by atoms with E-state index in [1.54, 1.807) is 0 Å². The summed E-state index contributed by atoms with van der Waals surface area (Å²) < 4.78 is 23.7. The van der Waals surface area contributed by atoms with Crippen LogP contribution in [-0.2, 0) is 14.3 Å². The summed E-state index contributed by atoms with van der Waals surface area (Å²) in [6.07, 6.45) is -2.91. The molecule has 0 bridgehead atoms. The van der Waals surface area contributed by atoms with Crippen molar-refractivity contribution in [1.82, 2.24) is 9.55 Å². The normalized spacial score (nSPS) is 25.2. The van der Waals surface area contributed by atoms with Crippen LogP contribution < -0.4 is 11.0 Å². The summed E-state index contributed by atoms with van der Waals surface area (Å²) in [4.78, 5) is 37.4. The number of aliphatic carboxylic acids is 1. The van der Waals surface area contributed by atoms with Crippen LogP contribution in [0, 0.1) is 18.2 Å². The molecule has 1 aromatic rings. The van der Waals surface area contributed by atoms with Gasteiger partial charge in [0, 0.05) is 0 Å². The van der Waals surface area contributed by atoms with Crippen LogP contribution in [0.2, 0.25) is 0 Å². The Kier molecular flexibility index (Phi) is 5.32. The molecule has 12 heteroatoms. The van der Waals surface area contributed by atoms with E-state index >= 15 is 0 Å². The topological polar surface area (TPSA) is 160 Å². The van der Waals surface area contributed by atoms with E-state index in [4.69, 9.17) is 16.3 Å². The molecular weight excluding hydrogens is 345 g/mol. The first-order chi connectivity index (χ1) is 11.8. The number of ether oxygens (including phenoxy) is 2. The van der Waals surface area contributed by atoms with E-state index in [0.29, 0.717) is 10.8 Å². The molecule has 1 fully saturated rings. The van der Waals surface area contributed by atoms with Crippen LogP contribution in [0.3, 0.4) is 0 Å². The van der Waals surface area contributed by atoms with Gasteiger partial charge in [0.1, 0.15) is 12.2 Å². The number of nitrogens with one attached hydrogen (secondary N) is 1. The highest BCUT2D eigenvalue weighted by molar-refractivity contribution is 5.83. The fraction of sp³-hybridized carbons (Fsp3) is 0.385. The predicted octanol–water partition coefficient (Wildman–Crippen LogP) is -1.73. The van der Waals surface area contributed by atoms with Crippen molar-refractivity contribution in [1.29, 1.82) is 0 Å². The van der Waals surface area contributed by atoms with Crippen molar-refractivity contribution in [2.75, 3.05) is 11.9 Å². The molecule has 11 nitrogen and oxygen atoms in total. The van der Waals surface area contributed by atoms with Crippen LogP contribution in [-0.4, -0.2) is 61.9 Å². The second-order valence-electron chi connectivity index (χ2n) is 4.80. The van der Waals surface area contributed by atoms with Crippen LogP contribution in [0.4, 0.5) is 15.0 Å². The maximum atomic E-state index is 14.0. The number of carboxylic acid groups (broad SMARTS) is 1. The molecule has 0 aromatic carbocycles. The zero-order valence-electron chi connectivity index (χ0n) is 12.3. The molecule has 0 aliphatic carbocycles. The van der Waals surface area contributed by atoms with Gasteiger partial charge in [-0.15, -0.1) is 6.42 Å². The number of anilines is 1. The molecule has 2 heterocycles. The minimum absolute atomic E-state index is 0.388. The van der Waals surface area contributed by atoms with E-state index in [0.717, 1.165) is 0 Å². The van der Waals surface area contributed by atoms with Crippen molar-refractivity contribution in [2.45, 2.75) is 24.5 Å². The van der Waals surface area contributed by atoms with Gasteiger partial charge in [0.25, 0.3) is 0 Å². The number of aliphatic hydroxyl groups excluding tert-OH is 2. The molecule has 1 unspecified atom stereocenters. The number of carbonyl (C=O) groups excluding carboxylic acids is 1. The van der Waals surface area contributed by atoms with E-state index < -0.39 is 53.9 Å². The highest BCUT2D eigenvalue weighted by Crippen LogP contribution is 2.28. The maximum Gasteiger partial charge on any atom is 0.413 e. The van der Waals surface area contributed by atoms with Gasteiger partial charge >= 0.3 is 17.8 Å². The Bertz CT molecular complexity index is 788. The Morgan fingerprint density at radius 1 is 1.48 bits per heavy atom. The molecule has 4 N–H and O–H groups in total. The summed E-state index contributed by atoms with van der Waals surface area (Å²) in [6.45, 7) is -0.388. The molecule has 1 aromatic heterocycles. The predicted molar refractivity (Wildman–Crippen MR) is 75.8 cm³/mol. The highest BCUT2D eigenvalue weighted by Gasteiger charge is 2.48. The second kappa shape index (κ2) is 7.26. The van der Waals surface area contributed by atoms with Crippen molar-refractivity contribution in [2.24, 2.45) is 0 Å². The lowest BCUT2D eigenvalue weighted by Gasteiger charge is -2.17. The van der Waals surface area contributed by atoms with Gasteiger partial charge in [-0.05, 0) is 0 Å². The van der Waals surface area contributed by atoms with Gasteiger partial charge in [-0.2, -0.15) is 4.98 Å². The highest BCUT2D eigenvalue weighted by atomic mass is 19.1. The van der Waals surface area contributed by atoms with Gasteiger partial charge in [0.15, 0.2) is 30.6 Å². The third-order valence-electron chi connectivity index (χ3n) is 3.17. The largest absolute Gasteiger partial charge is 0.479 e. The Hall–Kier alpha value is -3.01. The van der Waals surface area contributed by atoms with E-state index in [1.807, 2.05) is 11.2 Å². The summed E-state index contributed by atoms with van der Waals surface area (Å²) in [7, 11) is 0. The summed E-state index contributed by atoms with van der Waals surface area (Å²) in [6, 6.07) is 0. The number of amides is 1. The SMILES string of the molecule is C#CCOC(=O)Nc1nc(=O)n(C2O[C@H](C(=O)O)[C@@H](O)[C@H]2O)cc1F. The second-order valence-corrected chi connectivity index (χ2v) is 4.80. The summed E-state index contributed by atoms with van der Waals surface area (Å²) in [5.74, 6) is -1.56. The first kappa shape index (κ1) is 18.3. The molecule has 134 valence electrons. The minimum atomic E-state index is -1.84. The number of hydrogen-bond donors (Lipinski definition) is 4. The third kappa shape index (κ3) is 3.74. The number of carbonyl (C=O) groups is 2. The number of halogens is 1. The number of aromatic nitrogens is 2. The lowest BCUT2D eigenvalue weighted by Crippen LogP contribution is -2.37. The zero-order valence-corrected chi connectivity index (χ0v) is 12.3. The minimum Gasteiger partial charge on any atom is -0.479 e. The lowest BCUT2D eigenvalue weighted by molar-refractivity contribution is -0.155. The Balaban J connectivity index is 2.26. The van der Waals surface area contributed by atoms with Gasteiger partial charge in [-0.3, -0.25) is 9.88 Å². The van der Waals surface area contributed by atoms with Crippen molar-refractivity contribution >= 4 is 17.9 Å². The lowest BCUT2D eigenvalue weighted by atomic mass is 10.1. The molecule has 0 spiro atoms. The quantitative estimate of drug-likeness (QED) is 0.459. The van der Waals surface area contributed by atoms with Crippen molar-refractivity contribution in [3.63, 3.8) is 0 Å². The molecule has 2 rings (SSSR count). The average molecular weight is 357 g/mol.